The topological polar surface area (TPSA) is 23.8 Å². The Labute approximate surface area is 48.4 Å². The predicted molar refractivity (Wildman–Crippen MR) is 29.7 cm³/mol. The third-order valence-electron chi connectivity index (χ3n) is 0.737. The summed E-state index contributed by atoms with van der Waals surface area (Å²) in [4.78, 5) is 0. The maximum absolute atomic E-state index is 11.7. The Hall–Kier alpha value is -0.840. The van der Waals surface area contributed by atoms with E-state index in [1.54, 1.807) is 0 Å². The van der Waals surface area contributed by atoms with Crippen molar-refractivity contribution in [3.05, 3.63) is 12.4 Å². The highest BCUT2D eigenvalue weighted by molar-refractivity contribution is 4.81. The van der Waals surface area contributed by atoms with Gasteiger partial charge in [0, 0.05) is 6.42 Å². The second-order valence-electron chi connectivity index (χ2n) is 1.53. The number of nitrogens with zero attached hydrogens (tertiary/aromatic N) is 1. The van der Waals surface area contributed by atoms with Gasteiger partial charge in [0.1, 0.15) is 0 Å². The summed E-state index contributed by atoms with van der Waals surface area (Å²) in [6.07, 6.45) is 1.34. The van der Waals surface area contributed by atoms with E-state index >= 15 is 0 Å². The zero-order chi connectivity index (χ0) is 6.41. The predicted octanol–water partition coefficient (Wildman–Crippen LogP) is 2.16. The Balaban J connectivity index is 2.97. The van der Waals surface area contributed by atoms with Crippen LogP contribution in [0.3, 0.4) is 0 Å². The van der Waals surface area contributed by atoms with Gasteiger partial charge in [0.05, 0.1) is 11.9 Å². The van der Waals surface area contributed by atoms with Crippen molar-refractivity contribution in [2.24, 2.45) is 0 Å². The van der Waals surface area contributed by atoms with Gasteiger partial charge in [-0.2, -0.15) is 5.26 Å². The zero-order valence-corrected chi connectivity index (χ0v) is 4.65. The molecule has 8 heavy (non-hydrogen) atoms. The molecule has 0 aliphatic carbocycles. The molecule has 0 amide bonds. The van der Waals surface area contributed by atoms with E-state index < -0.39 is 0 Å². The van der Waals surface area contributed by atoms with Gasteiger partial charge in [0.15, 0.2) is 0 Å². The van der Waals surface area contributed by atoms with Gasteiger partial charge in [-0.15, -0.1) is 0 Å². The van der Waals surface area contributed by atoms with Gasteiger partial charge < -0.3 is 0 Å². The maximum atomic E-state index is 11.7. The third kappa shape index (κ3) is 5.16. The van der Waals surface area contributed by atoms with Crippen LogP contribution in [-0.2, 0) is 0 Å². The summed E-state index contributed by atoms with van der Waals surface area (Å²) >= 11 is 0. The summed E-state index contributed by atoms with van der Waals surface area (Å²) in [5.74, 6) is -0.333. The first-order valence-electron chi connectivity index (χ1n) is 2.47. The first-order chi connectivity index (χ1) is 3.77. The van der Waals surface area contributed by atoms with Crippen molar-refractivity contribution in [1.29, 1.82) is 5.26 Å². The molecule has 0 radical (unpaired) electrons. The Morgan fingerprint density at radius 2 is 2.38 bits per heavy atom. The van der Waals surface area contributed by atoms with Crippen molar-refractivity contribution in [2.75, 3.05) is 0 Å². The molecule has 0 N–H and O–H groups in total. The molecule has 44 valence electrons. The quantitative estimate of drug-likeness (QED) is 0.514. The van der Waals surface area contributed by atoms with E-state index in [1.165, 1.54) is 0 Å². The van der Waals surface area contributed by atoms with E-state index in [9.17, 15) is 4.39 Å². The Kier molecular flexibility index (Phi) is 3.87. The molecule has 0 atom stereocenters. The van der Waals surface area contributed by atoms with E-state index in [0.717, 1.165) is 0 Å². The Morgan fingerprint density at radius 1 is 1.75 bits per heavy atom. The first-order valence-corrected chi connectivity index (χ1v) is 2.47. The molecule has 0 aromatic rings. The molecule has 0 heterocycles. The number of hydrogen-bond donors (Lipinski definition) is 0. The molecular formula is C6H8FN. The molecule has 0 saturated heterocycles. The number of halogens is 1. The molecule has 0 spiro atoms. The van der Waals surface area contributed by atoms with E-state index in [-0.39, 0.29) is 5.83 Å². The lowest BCUT2D eigenvalue weighted by molar-refractivity contribution is 0.581. The number of rotatable bonds is 3. The van der Waals surface area contributed by atoms with Gasteiger partial charge in [0.25, 0.3) is 0 Å². The van der Waals surface area contributed by atoms with Gasteiger partial charge in [-0.3, -0.25) is 0 Å². The molecule has 0 aliphatic heterocycles. The largest absolute Gasteiger partial charge is 0.212 e. The van der Waals surface area contributed by atoms with Crippen LogP contribution >= 0.6 is 0 Å². The lowest BCUT2D eigenvalue weighted by Crippen LogP contribution is -1.71. The fourth-order valence-corrected chi connectivity index (χ4v) is 0.359. The number of hydrogen-bond acceptors (Lipinski definition) is 1. The minimum absolute atomic E-state index is 0.327. The zero-order valence-electron chi connectivity index (χ0n) is 4.65. The van der Waals surface area contributed by atoms with E-state index in [2.05, 4.69) is 6.58 Å². The summed E-state index contributed by atoms with van der Waals surface area (Å²) < 4.78 is 11.7. The van der Waals surface area contributed by atoms with Crippen molar-refractivity contribution in [3.8, 4) is 6.07 Å². The Bertz CT molecular complexity index is 112. The number of unbranched alkanes of at least 4 members (excludes halogenated alkanes) is 1. The van der Waals surface area contributed by atoms with Crippen LogP contribution in [0.2, 0.25) is 0 Å². The van der Waals surface area contributed by atoms with Crippen LogP contribution in [0.25, 0.3) is 0 Å². The van der Waals surface area contributed by atoms with Gasteiger partial charge in [-0.25, -0.2) is 4.39 Å². The molecule has 0 aromatic heterocycles. The molecule has 0 rings (SSSR count). The highest BCUT2D eigenvalue weighted by atomic mass is 19.1. The molecule has 1 nitrogen and oxygen atoms in total. The SMILES string of the molecule is C=C(F)CCCC#N. The minimum atomic E-state index is -0.333. The van der Waals surface area contributed by atoms with Gasteiger partial charge >= 0.3 is 0 Å². The van der Waals surface area contributed by atoms with Crippen molar-refractivity contribution in [1.82, 2.24) is 0 Å². The van der Waals surface area contributed by atoms with Crippen LogP contribution in [0.4, 0.5) is 4.39 Å². The third-order valence-corrected chi connectivity index (χ3v) is 0.737. The molecule has 0 aromatic carbocycles. The van der Waals surface area contributed by atoms with Crippen LogP contribution in [0.5, 0.6) is 0 Å². The second kappa shape index (κ2) is 4.32. The van der Waals surface area contributed by atoms with Crippen molar-refractivity contribution >= 4 is 0 Å². The van der Waals surface area contributed by atoms with Crippen LogP contribution in [0.1, 0.15) is 19.3 Å². The highest BCUT2D eigenvalue weighted by Gasteiger charge is 1.88. The minimum Gasteiger partial charge on any atom is -0.212 e. The van der Waals surface area contributed by atoms with Crippen molar-refractivity contribution < 1.29 is 4.39 Å². The maximum Gasteiger partial charge on any atom is 0.0928 e. The summed E-state index contributed by atoms with van der Waals surface area (Å²) in [5.41, 5.74) is 0. The summed E-state index contributed by atoms with van der Waals surface area (Å²) in [6.45, 7) is 3.05. The number of allylic oxidation sites excluding steroid dienone is 1. The highest BCUT2D eigenvalue weighted by Crippen LogP contribution is 2.03. The lowest BCUT2D eigenvalue weighted by Gasteiger charge is -1.86. The fraction of sp³-hybridized carbons (Fsp3) is 0.500. The van der Waals surface area contributed by atoms with E-state index in [1.807, 2.05) is 6.07 Å². The monoisotopic (exact) mass is 113 g/mol. The molecule has 0 saturated carbocycles. The first kappa shape index (κ1) is 7.16. The fourth-order valence-electron chi connectivity index (χ4n) is 0.359. The van der Waals surface area contributed by atoms with Crippen molar-refractivity contribution in [2.45, 2.75) is 19.3 Å². The van der Waals surface area contributed by atoms with E-state index in [4.69, 9.17) is 5.26 Å². The number of nitriles is 1. The molecule has 2 heteroatoms. The molecule has 0 fully saturated rings. The molecule has 0 bridgehead atoms. The molecular weight excluding hydrogens is 105 g/mol. The average Bonchev–Trinajstić information content (AvgIpc) is 1.66. The second-order valence-corrected chi connectivity index (χ2v) is 1.53. The summed E-state index contributed by atoms with van der Waals surface area (Å²) in [5, 5.41) is 7.98. The van der Waals surface area contributed by atoms with Crippen LogP contribution in [-0.4, -0.2) is 0 Å². The molecule has 0 unspecified atom stereocenters. The van der Waals surface area contributed by atoms with Crippen LogP contribution in [0, 0.1) is 11.3 Å². The Morgan fingerprint density at radius 3 is 2.75 bits per heavy atom. The van der Waals surface area contributed by atoms with Crippen molar-refractivity contribution in [3.63, 3.8) is 0 Å². The van der Waals surface area contributed by atoms with Gasteiger partial charge in [0.2, 0.25) is 0 Å². The smallest absolute Gasteiger partial charge is 0.0928 e. The van der Waals surface area contributed by atoms with Gasteiger partial charge in [-0.05, 0) is 12.8 Å². The summed E-state index contributed by atoms with van der Waals surface area (Å²) in [7, 11) is 0. The summed E-state index contributed by atoms with van der Waals surface area (Å²) in [6, 6.07) is 1.92. The lowest BCUT2D eigenvalue weighted by atomic mass is 10.2. The normalized spacial score (nSPS) is 8.00. The average molecular weight is 113 g/mol. The van der Waals surface area contributed by atoms with Gasteiger partial charge in [-0.1, -0.05) is 6.58 Å². The van der Waals surface area contributed by atoms with Crippen LogP contribution in [0.15, 0.2) is 12.4 Å². The molecule has 0 aliphatic rings. The standard InChI is InChI=1S/C6H8FN/c1-6(7)4-2-3-5-8/h1-4H2. The van der Waals surface area contributed by atoms with Crippen LogP contribution < -0.4 is 0 Å². The van der Waals surface area contributed by atoms with E-state index in [0.29, 0.717) is 19.3 Å².